The molecular weight excluding hydrogens is 398 g/mol. The van der Waals surface area contributed by atoms with Gasteiger partial charge in [0.2, 0.25) is 0 Å². The standard InChI is InChI=1S/C22H13ClF2N2O2/c23-14-8-6-13(7-9-14)19-20(26-16-4-2-1-3-5-16)22(29)27(21(19)28)18-11-10-15(24)12-17(18)25/h1-12,26H. The fraction of sp³-hybridized carbons (Fsp3) is 0. The minimum absolute atomic E-state index is 0.00718. The maximum atomic E-state index is 14.3. The number of anilines is 2. The Bertz CT molecular complexity index is 1150. The molecule has 3 aromatic carbocycles. The quantitative estimate of drug-likeness (QED) is 0.615. The van der Waals surface area contributed by atoms with E-state index in [1.807, 2.05) is 6.07 Å². The van der Waals surface area contributed by atoms with Gasteiger partial charge in [-0.1, -0.05) is 41.9 Å². The van der Waals surface area contributed by atoms with E-state index in [0.29, 0.717) is 27.2 Å². The topological polar surface area (TPSA) is 49.4 Å². The number of para-hydroxylation sites is 1. The molecule has 0 aliphatic carbocycles. The van der Waals surface area contributed by atoms with E-state index in [2.05, 4.69) is 5.32 Å². The Kier molecular flexibility index (Phi) is 4.86. The molecule has 2 amide bonds. The number of carbonyl (C=O) groups is 2. The third-order valence-electron chi connectivity index (χ3n) is 4.41. The van der Waals surface area contributed by atoms with Crippen LogP contribution in [0, 0.1) is 11.6 Å². The van der Waals surface area contributed by atoms with Crippen LogP contribution in [0.5, 0.6) is 0 Å². The number of nitrogens with zero attached hydrogens (tertiary/aromatic N) is 1. The van der Waals surface area contributed by atoms with Crippen LogP contribution in [-0.4, -0.2) is 11.8 Å². The minimum Gasteiger partial charge on any atom is -0.350 e. The highest BCUT2D eigenvalue weighted by Gasteiger charge is 2.41. The third kappa shape index (κ3) is 3.50. The van der Waals surface area contributed by atoms with E-state index in [1.165, 1.54) is 0 Å². The van der Waals surface area contributed by atoms with Gasteiger partial charge < -0.3 is 5.32 Å². The molecule has 1 aliphatic heterocycles. The number of carbonyl (C=O) groups excluding carboxylic acids is 2. The van der Waals surface area contributed by atoms with Crippen LogP contribution in [0.25, 0.3) is 5.57 Å². The van der Waals surface area contributed by atoms with Crippen LogP contribution in [-0.2, 0) is 9.59 Å². The fourth-order valence-corrected chi connectivity index (χ4v) is 3.20. The van der Waals surface area contributed by atoms with Crippen LogP contribution in [0.15, 0.2) is 78.5 Å². The number of imide groups is 1. The minimum atomic E-state index is -1.01. The van der Waals surface area contributed by atoms with E-state index in [4.69, 9.17) is 11.6 Å². The molecule has 4 rings (SSSR count). The van der Waals surface area contributed by atoms with Crippen molar-refractivity contribution in [2.45, 2.75) is 0 Å². The lowest BCUT2D eigenvalue weighted by Gasteiger charge is -2.16. The number of hydrogen-bond donors (Lipinski definition) is 1. The average Bonchev–Trinajstić information content (AvgIpc) is 2.94. The summed E-state index contributed by atoms with van der Waals surface area (Å²) in [5.41, 5.74) is 0.761. The van der Waals surface area contributed by atoms with Crippen molar-refractivity contribution < 1.29 is 18.4 Å². The number of nitrogens with one attached hydrogen (secondary N) is 1. The summed E-state index contributed by atoms with van der Waals surface area (Å²) >= 11 is 5.93. The first-order valence-corrected chi connectivity index (χ1v) is 8.99. The second kappa shape index (κ2) is 7.48. The maximum absolute atomic E-state index is 14.3. The highest BCUT2D eigenvalue weighted by molar-refractivity contribution is 6.46. The van der Waals surface area contributed by atoms with E-state index >= 15 is 0 Å². The second-order valence-corrected chi connectivity index (χ2v) is 6.73. The molecule has 4 nitrogen and oxygen atoms in total. The van der Waals surface area contributed by atoms with Crippen LogP contribution in [0.2, 0.25) is 5.02 Å². The highest BCUT2D eigenvalue weighted by Crippen LogP contribution is 2.35. The molecule has 7 heteroatoms. The summed E-state index contributed by atoms with van der Waals surface area (Å²) in [5.74, 6) is -3.28. The predicted molar refractivity (Wildman–Crippen MR) is 107 cm³/mol. The Morgan fingerprint density at radius 3 is 2.17 bits per heavy atom. The Balaban J connectivity index is 1.84. The van der Waals surface area contributed by atoms with E-state index in [9.17, 15) is 18.4 Å². The van der Waals surface area contributed by atoms with Gasteiger partial charge in [0.05, 0.1) is 11.3 Å². The zero-order valence-corrected chi connectivity index (χ0v) is 15.6. The summed E-state index contributed by atoms with van der Waals surface area (Å²) < 4.78 is 27.7. The van der Waals surface area contributed by atoms with Crippen LogP contribution in [0.4, 0.5) is 20.2 Å². The van der Waals surface area contributed by atoms with Gasteiger partial charge in [-0.05, 0) is 42.0 Å². The summed E-state index contributed by atoms with van der Waals surface area (Å²) in [4.78, 5) is 27.0. The molecule has 0 atom stereocenters. The molecule has 29 heavy (non-hydrogen) atoms. The molecule has 0 unspecified atom stereocenters. The summed E-state index contributed by atoms with van der Waals surface area (Å²) in [6, 6.07) is 17.8. The van der Waals surface area contributed by atoms with Gasteiger partial charge in [-0.2, -0.15) is 0 Å². The molecular formula is C22H13ClF2N2O2. The lowest BCUT2D eigenvalue weighted by atomic mass is 10.0. The van der Waals surface area contributed by atoms with E-state index in [0.717, 1.165) is 12.1 Å². The van der Waals surface area contributed by atoms with Gasteiger partial charge in [-0.3, -0.25) is 9.59 Å². The van der Waals surface area contributed by atoms with E-state index in [1.54, 1.807) is 48.5 Å². The Labute approximate surface area is 170 Å². The van der Waals surface area contributed by atoms with Crippen LogP contribution in [0.1, 0.15) is 5.56 Å². The summed E-state index contributed by atoms with van der Waals surface area (Å²) in [6.07, 6.45) is 0. The van der Waals surface area contributed by atoms with Gasteiger partial charge in [0, 0.05) is 16.8 Å². The van der Waals surface area contributed by atoms with Crippen molar-refractivity contribution in [3.8, 4) is 0 Å². The third-order valence-corrected chi connectivity index (χ3v) is 4.66. The summed E-state index contributed by atoms with van der Waals surface area (Å²) in [7, 11) is 0. The first kappa shape index (κ1) is 18.8. The smallest absolute Gasteiger partial charge is 0.282 e. The van der Waals surface area contributed by atoms with Gasteiger partial charge >= 0.3 is 0 Å². The lowest BCUT2D eigenvalue weighted by Crippen LogP contribution is -2.33. The fourth-order valence-electron chi connectivity index (χ4n) is 3.08. The second-order valence-electron chi connectivity index (χ2n) is 6.29. The largest absolute Gasteiger partial charge is 0.350 e. The number of benzene rings is 3. The van der Waals surface area contributed by atoms with Crippen LogP contribution < -0.4 is 10.2 Å². The van der Waals surface area contributed by atoms with Crippen molar-refractivity contribution >= 4 is 40.4 Å². The maximum Gasteiger partial charge on any atom is 0.282 e. The Hall–Kier alpha value is -3.51. The molecule has 1 N–H and O–H groups in total. The Morgan fingerprint density at radius 1 is 0.828 bits per heavy atom. The molecule has 1 aliphatic rings. The van der Waals surface area contributed by atoms with E-state index < -0.39 is 23.4 Å². The Morgan fingerprint density at radius 2 is 1.52 bits per heavy atom. The molecule has 0 aromatic heterocycles. The molecule has 0 spiro atoms. The van der Waals surface area contributed by atoms with Gasteiger partial charge in [0.25, 0.3) is 11.8 Å². The highest BCUT2D eigenvalue weighted by atomic mass is 35.5. The molecule has 0 radical (unpaired) electrons. The monoisotopic (exact) mass is 410 g/mol. The van der Waals surface area contributed by atoms with Gasteiger partial charge in [0.1, 0.15) is 17.3 Å². The molecule has 0 bridgehead atoms. The van der Waals surface area contributed by atoms with Gasteiger partial charge in [0.15, 0.2) is 0 Å². The van der Waals surface area contributed by atoms with Gasteiger partial charge in [-0.25, -0.2) is 13.7 Å². The van der Waals surface area contributed by atoms with E-state index in [-0.39, 0.29) is 17.0 Å². The summed E-state index contributed by atoms with van der Waals surface area (Å²) in [6.45, 7) is 0. The number of amides is 2. The number of hydrogen-bond acceptors (Lipinski definition) is 3. The molecule has 1 heterocycles. The van der Waals surface area contributed by atoms with Crippen molar-refractivity contribution in [2.24, 2.45) is 0 Å². The molecule has 3 aromatic rings. The zero-order valence-electron chi connectivity index (χ0n) is 14.8. The molecule has 0 saturated heterocycles. The van der Waals surface area contributed by atoms with Crippen LogP contribution >= 0.6 is 11.6 Å². The summed E-state index contributed by atoms with van der Waals surface area (Å²) in [5, 5.41) is 3.42. The van der Waals surface area contributed by atoms with Crippen molar-refractivity contribution in [1.29, 1.82) is 0 Å². The normalized spacial score (nSPS) is 14.0. The van der Waals surface area contributed by atoms with Crippen molar-refractivity contribution in [1.82, 2.24) is 0 Å². The number of halogens is 3. The molecule has 0 saturated carbocycles. The van der Waals surface area contributed by atoms with Crippen molar-refractivity contribution in [3.63, 3.8) is 0 Å². The first-order chi connectivity index (χ1) is 14.0. The van der Waals surface area contributed by atoms with Gasteiger partial charge in [-0.15, -0.1) is 0 Å². The lowest BCUT2D eigenvalue weighted by molar-refractivity contribution is -0.120. The van der Waals surface area contributed by atoms with Crippen LogP contribution in [0.3, 0.4) is 0 Å². The number of rotatable bonds is 4. The van der Waals surface area contributed by atoms with Crippen molar-refractivity contribution in [3.05, 3.63) is 101 Å². The predicted octanol–water partition coefficient (Wildman–Crippen LogP) is 5.01. The van der Waals surface area contributed by atoms with Crippen molar-refractivity contribution in [2.75, 3.05) is 10.2 Å². The first-order valence-electron chi connectivity index (χ1n) is 8.62. The zero-order chi connectivity index (χ0) is 20.5. The molecule has 0 fully saturated rings. The molecule has 144 valence electrons. The average molecular weight is 411 g/mol. The SMILES string of the molecule is O=C1C(Nc2ccccc2)=C(c2ccc(Cl)cc2)C(=O)N1c1ccc(F)cc1F.